The Balaban J connectivity index is 0.000000774. The molecule has 0 radical (unpaired) electrons. The highest BCUT2D eigenvalue weighted by atomic mass is 35.5. The SMILES string of the molecule is CN.O=Cc1ccc2cncc(-c3ccc(Cl)cc3)c2c1. The predicted octanol–water partition coefficient (Wildman–Crippen LogP) is 3.94. The molecule has 0 atom stereocenters. The molecule has 0 saturated carbocycles. The molecule has 3 rings (SSSR count). The maximum atomic E-state index is 10.9. The maximum absolute atomic E-state index is 10.9. The highest BCUT2D eigenvalue weighted by Crippen LogP contribution is 2.29. The van der Waals surface area contributed by atoms with Gasteiger partial charge in [0.15, 0.2) is 0 Å². The largest absolute Gasteiger partial charge is 0.333 e. The van der Waals surface area contributed by atoms with Gasteiger partial charge in [-0.05, 0) is 36.2 Å². The highest BCUT2D eigenvalue weighted by molar-refractivity contribution is 6.30. The highest BCUT2D eigenvalue weighted by Gasteiger charge is 2.05. The topological polar surface area (TPSA) is 56.0 Å². The number of nitrogens with zero attached hydrogens (tertiary/aromatic N) is 1. The first-order valence-electron chi connectivity index (χ1n) is 6.44. The summed E-state index contributed by atoms with van der Waals surface area (Å²) >= 11 is 5.90. The zero-order valence-corrected chi connectivity index (χ0v) is 12.3. The normalized spacial score (nSPS) is 9.86. The van der Waals surface area contributed by atoms with Crippen LogP contribution in [0.5, 0.6) is 0 Å². The third-order valence-electron chi connectivity index (χ3n) is 3.08. The molecule has 0 unspecified atom stereocenters. The molecule has 106 valence electrons. The van der Waals surface area contributed by atoms with Gasteiger partial charge in [0.1, 0.15) is 6.29 Å². The smallest absolute Gasteiger partial charge is 0.150 e. The van der Waals surface area contributed by atoms with Crippen LogP contribution in [0.4, 0.5) is 0 Å². The van der Waals surface area contributed by atoms with E-state index in [9.17, 15) is 4.79 Å². The van der Waals surface area contributed by atoms with Crippen LogP contribution in [0, 0.1) is 0 Å². The van der Waals surface area contributed by atoms with E-state index in [4.69, 9.17) is 11.6 Å². The van der Waals surface area contributed by atoms with Crippen LogP contribution in [0.2, 0.25) is 5.02 Å². The third-order valence-corrected chi connectivity index (χ3v) is 3.33. The Hall–Kier alpha value is -2.23. The summed E-state index contributed by atoms with van der Waals surface area (Å²) in [5, 5.41) is 2.73. The van der Waals surface area contributed by atoms with Crippen molar-refractivity contribution in [3.05, 3.63) is 65.4 Å². The first kappa shape index (κ1) is 15.2. The molecule has 1 aromatic heterocycles. The Bertz CT molecular complexity index is 754. The number of hydrogen-bond donors (Lipinski definition) is 1. The Morgan fingerprint density at radius 1 is 1.05 bits per heavy atom. The summed E-state index contributed by atoms with van der Waals surface area (Å²) in [4.78, 5) is 15.2. The van der Waals surface area contributed by atoms with Gasteiger partial charge in [-0.1, -0.05) is 35.9 Å². The molecule has 0 amide bonds. The summed E-state index contributed by atoms with van der Waals surface area (Å²) in [6, 6.07) is 13.2. The van der Waals surface area contributed by atoms with Gasteiger partial charge in [0, 0.05) is 33.9 Å². The van der Waals surface area contributed by atoms with Gasteiger partial charge in [-0.25, -0.2) is 0 Å². The predicted molar refractivity (Wildman–Crippen MR) is 87.7 cm³/mol. The van der Waals surface area contributed by atoms with Crippen LogP contribution >= 0.6 is 11.6 Å². The van der Waals surface area contributed by atoms with Gasteiger partial charge < -0.3 is 5.73 Å². The molecular weight excluding hydrogens is 284 g/mol. The number of pyridine rings is 1. The summed E-state index contributed by atoms with van der Waals surface area (Å²) < 4.78 is 0. The molecule has 3 nitrogen and oxygen atoms in total. The summed E-state index contributed by atoms with van der Waals surface area (Å²) in [6.07, 6.45) is 4.45. The Morgan fingerprint density at radius 3 is 2.43 bits per heavy atom. The van der Waals surface area contributed by atoms with Crippen LogP contribution in [-0.2, 0) is 0 Å². The molecule has 0 fully saturated rings. The molecule has 0 aliphatic carbocycles. The molecule has 0 bridgehead atoms. The number of nitrogens with two attached hydrogens (primary N) is 1. The van der Waals surface area contributed by atoms with Gasteiger partial charge >= 0.3 is 0 Å². The third kappa shape index (κ3) is 3.27. The molecule has 0 aliphatic heterocycles. The molecule has 3 aromatic rings. The fraction of sp³-hybridized carbons (Fsp3) is 0.0588. The molecule has 2 N–H and O–H groups in total. The zero-order chi connectivity index (χ0) is 15.2. The van der Waals surface area contributed by atoms with Crippen LogP contribution in [0.1, 0.15) is 10.4 Å². The first-order chi connectivity index (χ1) is 10.3. The minimum absolute atomic E-state index is 0.661. The fourth-order valence-corrected chi connectivity index (χ4v) is 2.24. The van der Waals surface area contributed by atoms with Crippen LogP contribution < -0.4 is 5.73 Å². The van der Waals surface area contributed by atoms with Crippen molar-refractivity contribution in [2.45, 2.75) is 0 Å². The quantitative estimate of drug-likeness (QED) is 0.729. The fourth-order valence-electron chi connectivity index (χ4n) is 2.11. The second kappa shape index (κ2) is 6.97. The van der Waals surface area contributed by atoms with E-state index in [0.717, 1.165) is 28.2 Å². The van der Waals surface area contributed by atoms with Crippen molar-refractivity contribution in [3.63, 3.8) is 0 Å². The van der Waals surface area contributed by atoms with Gasteiger partial charge in [0.25, 0.3) is 0 Å². The van der Waals surface area contributed by atoms with E-state index in [1.165, 1.54) is 7.05 Å². The Morgan fingerprint density at radius 2 is 1.76 bits per heavy atom. The van der Waals surface area contributed by atoms with Crippen molar-refractivity contribution in [1.82, 2.24) is 4.98 Å². The summed E-state index contributed by atoms with van der Waals surface area (Å²) in [5.74, 6) is 0. The van der Waals surface area contributed by atoms with E-state index in [2.05, 4.69) is 10.7 Å². The van der Waals surface area contributed by atoms with E-state index in [1.807, 2.05) is 36.4 Å². The maximum Gasteiger partial charge on any atom is 0.150 e. The van der Waals surface area contributed by atoms with Crippen molar-refractivity contribution in [3.8, 4) is 11.1 Å². The number of aldehydes is 1. The van der Waals surface area contributed by atoms with E-state index in [-0.39, 0.29) is 0 Å². The number of fused-ring (bicyclic) bond motifs is 1. The monoisotopic (exact) mass is 298 g/mol. The average molecular weight is 299 g/mol. The zero-order valence-electron chi connectivity index (χ0n) is 11.6. The Labute approximate surface area is 128 Å². The van der Waals surface area contributed by atoms with E-state index < -0.39 is 0 Å². The lowest BCUT2D eigenvalue weighted by molar-refractivity contribution is 0.112. The average Bonchev–Trinajstić information content (AvgIpc) is 2.56. The van der Waals surface area contributed by atoms with Gasteiger partial charge in [-0.2, -0.15) is 0 Å². The van der Waals surface area contributed by atoms with Crippen molar-refractivity contribution in [2.75, 3.05) is 7.05 Å². The Kier molecular flexibility index (Phi) is 5.04. The number of carbonyl (C=O) groups excluding carboxylic acids is 1. The number of rotatable bonds is 2. The lowest BCUT2D eigenvalue weighted by Gasteiger charge is -2.07. The van der Waals surface area contributed by atoms with E-state index in [0.29, 0.717) is 10.6 Å². The minimum atomic E-state index is 0.661. The molecule has 0 spiro atoms. The second-order valence-corrected chi connectivity index (χ2v) is 4.73. The van der Waals surface area contributed by atoms with Gasteiger partial charge in [0.05, 0.1) is 0 Å². The van der Waals surface area contributed by atoms with Crippen molar-refractivity contribution >= 4 is 28.7 Å². The van der Waals surface area contributed by atoms with Crippen molar-refractivity contribution in [2.24, 2.45) is 5.73 Å². The van der Waals surface area contributed by atoms with Crippen LogP contribution in [0.25, 0.3) is 21.9 Å². The van der Waals surface area contributed by atoms with Gasteiger partial charge in [-0.15, -0.1) is 0 Å². The minimum Gasteiger partial charge on any atom is -0.333 e. The van der Waals surface area contributed by atoms with Crippen LogP contribution in [0.15, 0.2) is 54.9 Å². The molecular formula is C17H15ClN2O. The number of halogens is 1. The summed E-state index contributed by atoms with van der Waals surface area (Å²) in [7, 11) is 1.50. The van der Waals surface area contributed by atoms with E-state index in [1.54, 1.807) is 18.5 Å². The number of carbonyl (C=O) groups is 1. The molecule has 4 heteroatoms. The van der Waals surface area contributed by atoms with Crippen molar-refractivity contribution < 1.29 is 4.79 Å². The van der Waals surface area contributed by atoms with E-state index >= 15 is 0 Å². The van der Waals surface area contributed by atoms with Gasteiger partial charge in [0.2, 0.25) is 0 Å². The second-order valence-electron chi connectivity index (χ2n) is 4.29. The van der Waals surface area contributed by atoms with Crippen LogP contribution in [-0.4, -0.2) is 18.3 Å². The lowest BCUT2D eigenvalue weighted by atomic mass is 9.99. The number of hydrogen-bond acceptors (Lipinski definition) is 3. The standard InChI is InChI=1S/C16H10ClNO.CH5N/c17-14-5-3-12(4-6-14)16-9-18-8-13-2-1-11(10-19)7-15(13)16;1-2/h1-10H;2H2,1H3. The van der Waals surface area contributed by atoms with Crippen molar-refractivity contribution in [1.29, 1.82) is 0 Å². The summed E-state index contributed by atoms with van der Waals surface area (Å²) in [6.45, 7) is 0. The molecule has 1 heterocycles. The van der Waals surface area contributed by atoms with Crippen LogP contribution in [0.3, 0.4) is 0 Å². The van der Waals surface area contributed by atoms with Gasteiger partial charge in [-0.3, -0.25) is 9.78 Å². The molecule has 0 saturated heterocycles. The lowest BCUT2D eigenvalue weighted by Crippen LogP contribution is -1.86. The number of benzene rings is 2. The molecule has 2 aromatic carbocycles. The summed E-state index contributed by atoms with van der Waals surface area (Å²) in [5.41, 5.74) is 7.19. The molecule has 0 aliphatic rings. The molecule has 21 heavy (non-hydrogen) atoms. The number of aromatic nitrogens is 1. The first-order valence-corrected chi connectivity index (χ1v) is 6.82.